The molecule has 11 rings (SSSR count). The summed E-state index contributed by atoms with van der Waals surface area (Å²) in [6.45, 7) is 18.5. The fraction of sp³-hybridized carbons (Fsp3) is 0.667. The zero-order valence-corrected chi connectivity index (χ0v) is 46.3. The van der Waals surface area contributed by atoms with Gasteiger partial charge in [0.1, 0.15) is 23.2 Å². The molecule has 0 unspecified atom stereocenters. The number of hydrogen-bond donors (Lipinski definition) is 2. The summed E-state index contributed by atoms with van der Waals surface area (Å²) in [5, 5.41) is 8.46. The van der Waals surface area contributed by atoms with Gasteiger partial charge in [0.2, 0.25) is 5.91 Å². The number of pyridine rings is 1. The van der Waals surface area contributed by atoms with Crippen LogP contribution in [0.25, 0.3) is 33.4 Å². The Balaban J connectivity index is 1.06. The molecule has 6 fully saturated rings. The Kier molecular flexibility index (Phi) is 15.8. The van der Waals surface area contributed by atoms with Crippen LogP contribution in [0.2, 0.25) is 0 Å². The lowest BCUT2D eigenvalue weighted by Crippen LogP contribution is -2.68. The lowest BCUT2D eigenvalue weighted by molar-refractivity contribution is -0.166. The molecule has 7 aliphatic rings. The van der Waals surface area contributed by atoms with Crippen LogP contribution in [0.1, 0.15) is 113 Å². The van der Waals surface area contributed by atoms with Gasteiger partial charge in [-0.05, 0) is 107 Å². The summed E-state index contributed by atoms with van der Waals surface area (Å²) in [6.07, 6.45) is 6.60. The average molecular weight is 1070 g/mol. The molecule has 3 aromatic heterocycles. The largest absolute Gasteiger partial charge is 0.464 e. The van der Waals surface area contributed by atoms with Crippen LogP contribution < -0.4 is 10.7 Å². The van der Waals surface area contributed by atoms with Crippen LogP contribution in [0.4, 0.5) is 0 Å². The van der Waals surface area contributed by atoms with Crippen LogP contribution >= 0.6 is 11.3 Å². The van der Waals surface area contributed by atoms with Crippen molar-refractivity contribution in [3.05, 3.63) is 57.7 Å². The first-order valence-corrected chi connectivity index (χ1v) is 28.7. The zero-order valence-electron chi connectivity index (χ0n) is 45.5. The second-order valence-corrected chi connectivity index (χ2v) is 24.4. The van der Waals surface area contributed by atoms with Gasteiger partial charge >= 0.3 is 5.97 Å². The fourth-order valence-electron chi connectivity index (χ4n) is 12.4. The molecule has 6 bridgehead atoms. The second kappa shape index (κ2) is 22.4. The standard InChI is InChI=1S/C57H78N8O10S/c1-34-27-74-51(34)52(66)60-48-50(63-31-57(5,32-63)70-7)53-59-45(30-76-53)37-10-11-46-41(23-37)43(25-56(3,4)33-75-55(68)44-9-8-16-65(61-44)54(48)67)49(64(46)19-22-73-40-14-20-71-21-15-40)42-24-38(26-58-47(42)35(2)69-6)36-12-17-62(18-13-36)39-28-72-29-39/h10-11,23-24,26,30,34-36,39-40,44,48,50-51,61H,8-9,12-22,25,27-29,31-33H2,1-7H3,(H,60,66)/t34-,35-,44-,48-,50-,51+/m0/s1. The maximum Gasteiger partial charge on any atom is 0.324 e. The van der Waals surface area contributed by atoms with E-state index in [0.29, 0.717) is 88.8 Å². The molecule has 19 heteroatoms. The highest BCUT2D eigenvalue weighted by molar-refractivity contribution is 7.10. The first-order chi connectivity index (χ1) is 36.7. The summed E-state index contributed by atoms with van der Waals surface area (Å²) in [7, 11) is 3.44. The van der Waals surface area contributed by atoms with E-state index in [-0.39, 0.29) is 36.5 Å². The summed E-state index contributed by atoms with van der Waals surface area (Å²) in [5.41, 5.74) is 10.2. The second-order valence-electron chi connectivity index (χ2n) is 23.5. The first-order valence-electron chi connectivity index (χ1n) is 27.8. The lowest BCUT2D eigenvalue weighted by Gasteiger charge is -2.51. The van der Waals surface area contributed by atoms with Gasteiger partial charge in [0.05, 0.1) is 80.0 Å². The summed E-state index contributed by atoms with van der Waals surface area (Å²) in [5.74, 6) is -0.799. The maximum atomic E-state index is 15.2. The van der Waals surface area contributed by atoms with E-state index in [4.69, 9.17) is 43.1 Å². The molecule has 18 nitrogen and oxygen atoms in total. The first kappa shape index (κ1) is 53.6. The Morgan fingerprint density at radius 1 is 0.987 bits per heavy atom. The minimum Gasteiger partial charge on any atom is -0.464 e. The van der Waals surface area contributed by atoms with Crippen molar-refractivity contribution >= 4 is 40.0 Å². The topological polar surface area (TPSA) is 180 Å². The number of methoxy groups -OCH3 is 2. The molecule has 2 N–H and O–H groups in total. The van der Waals surface area contributed by atoms with Crippen molar-refractivity contribution in [2.75, 3.05) is 93.2 Å². The number of ether oxygens (including phenoxy) is 7. The van der Waals surface area contributed by atoms with Crippen molar-refractivity contribution in [1.82, 2.24) is 40.1 Å². The molecular formula is C57H78N8O10S. The number of carbonyl (C=O) groups is 3. The van der Waals surface area contributed by atoms with Crippen molar-refractivity contribution < 1.29 is 47.5 Å². The van der Waals surface area contributed by atoms with Crippen molar-refractivity contribution in [2.24, 2.45) is 11.3 Å². The fourth-order valence-corrected chi connectivity index (χ4v) is 13.4. The normalized spacial score (nSPS) is 27.5. The molecule has 4 aromatic rings. The maximum absolute atomic E-state index is 15.2. The number of piperidine rings is 1. The molecule has 412 valence electrons. The van der Waals surface area contributed by atoms with Gasteiger partial charge in [0.15, 0.2) is 0 Å². The molecule has 6 saturated heterocycles. The third-order valence-electron chi connectivity index (χ3n) is 17.3. The molecule has 0 aliphatic carbocycles. The van der Waals surface area contributed by atoms with Crippen LogP contribution in [0.3, 0.4) is 0 Å². The van der Waals surface area contributed by atoms with Gasteiger partial charge in [0.25, 0.3) is 5.91 Å². The van der Waals surface area contributed by atoms with E-state index in [0.717, 1.165) is 96.7 Å². The Morgan fingerprint density at radius 2 is 1.78 bits per heavy atom. The number of benzene rings is 1. The van der Waals surface area contributed by atoms with Crippen molar-refractivity contribution in [3.63, 3.8) is 0 Å². The predicted octanol–water partition coefficient (Wildman–Crippen LogP) is 6.21. The van der Waals surface area contributed by atoms with Gasteiger partial charge in [-0.3, -0.25) is 34.2 Å². The monoisotopic (exact) mass is 1070 g/mol. The number of hydrazine groups is 1. The van der Waals surface area contributed by atoms with Crippen LogP contribution in [0.5, 0.6) is 0 Å². The summed E-state index contributed by atoms with van der Waals surface area (Å²) >= 11 is 1.48. The zero-order chi connectivity index (χ0) is 52.9. The van der Waals surface area contributed by atoms with Gasteiger partial charge in [0, 0.05) is 98.6 Å². The highest BCUT2D eigenvalue weighted by Crippen LogP contribution is 2.45. The quantitative estimate of drug-likeness (QED) is 0.144. The van der Waals surface area contributed by atoms with E-state index in [9.17, 15) is 9.59 Å². The number of amides is 2. The van der Waals surface area contributed by atoms with Crippen molar-refractivity contribution in [1.29, 1.82) is 0 Å². The molecule has 7 aliphatic heterocycles. The number of thiazole rings is 1. The number of likely N-dealkylation sites (tertiary alicyclic amines) is 2. The minimum atomic E-state index is -1.07. The average Bonchev–Trinajstić information content (AvgIpc) is 4.12. The molecule has 76 heavy (non-hydrogen) atoms. The highest BCUT2D eigenvalue weighted by Gasteiger charge is 2.50. The Labute approximate surface area is 450 Å². The molecule has 6 atom stereocenters. The minimum absolute atomic E-state index is 0.00247. The number of rotatable bonds is 13. The van der Waals surface area contributed by atoms with Crippen LogP contribution in [-0.2, 0) is 60.5 Å². The molecule has 0 radical (unpaired) electrons. The SMILES string of the molecule is CO[C@@H](C)c1ncc(C2CCN(C3COC3)CC2)cc1-c1c2c3cc(ccc3n1CCOC1CCOCC1)-c1csc(n1)[C@@H](N1CC(C)(OC)C1)[C@H](NC(=O)[C@@H]1OC[C@@H]1C)C(=O)N1CCC[C@H](N1)C(=O)OCC(C)(C)C2. The molecule has 2 amide bonds. The third-order valence-corrected chi connectivity index (χ3v) is 18.2. The number of cyclic esters (lactones) is 1. The number of esters is 1. The molecule has 1 aromatic carbocycles. The number of fused-ring (bicyclic) bond motifs is 6. The van der Waals surface area contributed by atoms with Gasteiger partial charge in [-0.25, -0.2) is 10.4 Å². The van der Waals surface area contributed by atoms with Crippen molar-refractivity contribution in [2.45, 2.75) is 140 Å². The van der Waals surface area contributed by atoms with E-state index in [1.807, 2.05) is 13.8 Å². The van der Waals surface area contributed by atoms with E-state index >= 15 is 4.79 Å². The van der Waals surface area contributed by atoms with E-state index < -0.39 is 41.2 Å². The summed E-state index contributed by atoms with van der Waals surface area (Å²) in [4.78, 5) is 59.1. The predicted molar refractivity (Wildman–Crippen MR) is 287 cm³/mol. The van der Waals surface area contributed by atoms with Gasteiger partial charge < -0.3 is 43.0 Å². The van der Waals surface area contributed by atoms with E-state index in [1.54, 1.807) is 14.2 Å². The lowest BCUT2D eigenvalue weighted by atomic mass is 9.83. The van der Waals surface area contributed by atoms with Gasteiger partial charge in [-0.15, -0.1) is 11.3 Å². The number of hydrogen-bond acceptors (Lipinski definition) is 16. The summed E-state index contributed by atoms with van der Waals surface area (Å²) < 4.78 is 44.5. The Morgan fingerprint density at radius 3 is 2.47 bits per heavy atom. The van der Waals surface area contributed by atoms with Gasteiger partial charge in [-0.1, -0.05) is 26.8 Å². The van der Waals surface area contributed by atoms with Crippen LogP contribution in [-0.4, -0.2) is 176 Å². The molecule has 0 saturated carbocycles. The smallest absolute Gasteiger partial charge is 0.324 e. The van der Waals surface area contributed by atoms with Crippen molar-refractivity contribution in [3.8, 4) is 22.5 Å². The van der Waals surface area contributed by atoms with Gasteiger partial charge in [-0.2, -0.15) is 0 Å². The highest BCUT2D eigenvalue weighted by atomic mass is 32.1. The van der Waals surface area contributed by atoms with E-state index in [1.165, 1.54) is 21.9 Å². The molecule has 0 spiro atoms. The van der Waals surface area contributed by atoms with E-state index in [2.05, 4.69) is 81.7 Å². The third kappa shape index (κ3) is 10.9. The van der Waals surface area contributed by atoms with Crippen LogP contribution in [0, 0.1) is 11.3 Å². The number of aromatic nitrogens is 3. The number of nitrogens with zero attached hydrogens (tertiary/aromatic N) is 6. The number of nitrogens with one attached hydrogen (secondary N) is 2. The Hall–Kier alpha value is -4.41. The summed E-state index contributed by atoms with van der Waals surface area (Å²) in [6, 6.07) is 6.98. The number of carbonyl (C=O) groups excluding carboxylic acids is 3. The van der Waals surface area contributed by atoms with Crippen LogP contribution in [0.15, 0.2) is 35.8 Å². The Bertz CT molecular complexity index is 2740. The molecule has 10 heterocycles. The molecular weight excluding hydrogens is 989 g/mol.